The summed E-state index contributed by atoms with van der Waals surface area (Å²) in [6.45, 7) is 2.81. The molecule has 3 nitrogen and oxygen atoms in total. The van der Waals surface area contributed by atoms with E-state index in [4.69, 9.17) is 5.73 Å². The molecule has 0 bridgehead atoms. The van der Waals surface area contributed by atoms with Gasteiger partial charge < -0.3 is 11.1 Å². The van der Waals surface area contributed by atoms with Crippen molar-refractivity contribution in [2.24, 2.45) is 10.7 Å². The van der Waals surface area contributed by atoms with Crippen LogP contribution in [0.4, 0.5) is 0 Å². The molecule has 0 spiro atoms. The smallest absolute Gasteiger partial charge is 0.189 e. The Labute approximate surface area is 101 Å². The summed E-state index contributed by atoms with van der Waals surface area (Å²) in [5, 5.41) is 7.58. The second-order valence-corrected chi connectivity index (χ2v) is 5.15. The average Bonchev–Trinajstić information content (AvgIpc) is 2.87. The van der Waals surface area contributed by atoms with Crippen LogP contribution >= 0.6 is 11.3 Å². The largest absolute Gasteiger partial charge is 0.370 e. The molecule has 0 aliphatic heterocycles. The summed E-state index contributed by atoms with van der Waals surface area (Å²) in [6, 6.07) is 0.548. The zero-order chi connectivity index (χ0) is 11.4. The minimum absolute atomic E-state index is 0.548. The highest BCUT2D eigenvalue weighted by molar-refractivity contribution is 7.08. The molecule has 1 aromatic rings. The van der Waals surface area contributed by atoms with Crippen LogP contribution < -0.4 is 11.1 Å². The highest BCUT2D eigenvalue weighted by Crippen LogP contribution is 2.17. The van der Waals surface area contributed by atoms with Crippen LogP contribution in [0.2, 0.25) is 0 Å². The van der Waals surface area contributed by atoms with E-state index in [2.05, 4.69) is 28.0 Å². The molecular weight excluding hydrogens is 218 g/mol. The number of aryl methyl sites for hydroxylation is 1. The average molecular weight is 237 g/mol. The van der Waals surface area contributed by atoms with E-state index in [9.17, 15) is 0 Å². The first kappa shape index (κ1) is 11.5. The summed E-state index contributed by atoms with van der Waals surface area (Å²) in [4.78, 5) is 4.38. The Balaban J connectivity index is 1.84. The number of nitrogens with zero attached hydrogens (tertiary/aromatic N) is 1. The van der Waals surface area contributed by atoms with Crippen LogP contribution in [0.3, 0.4) is 0 Å². The molecule has 0 unspecified atom stereocenters. The van der Waals surface area contributed by atoms with Gasteiger partial charge >= 0.3 is 0 Å². The summed E-state index contributed by atoms with van der Waals surface area (Å²) >= 11 is 1.72. The lowest BCUT2D eigenvalue weighted by Gasteiger charge is -2.12. The Kier molecular flexibility index (Phi) is 3.83. The Bertz CT molecular complexity index is 364. The normalized spacial score (nSPS) is 17.9. The predicted octanol–water partition coefficient (Wildman–Crippen LogP) is 2.40. The van der Waals surface area contributed by atoms with Gasteiger partial charge in [0.05, 0.1) is 6.54 Å². The first-order valence-corrected chi connectivity index (χ1v) is 6.78. The summed E-state index contributed by atoms with van der Waals surface area (Å²) in [5.74, 6) is 0.595. The van der Waals surface area contributed by atoms with Crippen LogP contribution in [-0.4, -0.2) is 12.0 Å². The molecule has 1 aromatic heterocycles. The van der Waals surface area contributed by atoms with Gasteiger partial charge in [0.25, 0.3) is 0 Å². The number of thiophene rings is 1. The molecule has 0 amide bonds. The minimum Gasteiger partial charge on any atom is -0.370 e. The molecule has 2 rings (SSSR count). The van der Waals surface area contributed by atoms with Crippen LogP contribution in [0.25, 0.3) is 0 Å². The maximum Gasteiger partial charge on any atom is 0.189 e. The van der Waals surface area contributed by atoms with Crippen LogP contribution in [0.5, 0.6) is 0 Å². The van der Waals surface area contributed by atoms with Crippen molar-refractivity contribution in [3.05, 3.63) is 21.9 Å². The van der Waals surface area contributed by atoms with E-state index < -0.39 is 0 Å². The first-order chi connectivity index (χ1) is 7.75. The minimum atomic E-state index is 0.548. The lowest BCUT2D eigenvalue weighted by molar-refractivity contribution is 0.625. The Morgan fingerprint density at radius 3 is 2.88 bits per heavy atom. The second kappa shape index (κ2) is 5.34. The molecule has 0 aromatic carbocycles. The molecular formula is C12H19N3S. The highest BCUT2D eigenvalue weighted by atomic mass is 32.1. The Morgan fingerprint density at radius 2 is 2.25 bits per heavy atom. The molecule has 1 saturated carbocycles. The van der Waals surface area contributed by atoms with E-state index in [1.165, 1.54) is 36.8 Å². The number of hydrogen-bond acceptors (Lipinski definition) is 2. The van der Waals surface area contributed by atoms with Crippen LogP contribution in [0.1, 0.15) is 36.8 Å². The van der Waals surface area contributed by atoms with Crippen LogP contribution in [-0.2, 0) is 6.54 Å². The highest BCUT2D eigenvalue weighted by Gasteiger charge is 2.14. The summed E-state index contributed by atoms with van der Waals surface area (Å²) in [7, 11) is 0. The zero-order valence-electron chi connectivity index (χ0n) is 9.70. The van der Waals surface area contributed by atoms with Crippen LogP contribution in [0, 0.1) is 6.92 Å². The maximum atomic E-state index is 5.86. The molecule has 16 heavy (non-hydrogen) atoms. The fourth-order valence-electron chi connectivity index (χ4n) is 2.04. The molecule has 1 aliphatic rings. The third-order valence-electron chi connectivity index (χ3n) is 3.09. The lowest BCUT2D eigenvalue weighted by atomic mass is 10.2. The van der Waals surface area contributed by atoms with E-state index in [0.29, 0.717) is 18.5 Å². The van der Waals surface area contributed by atoms with Gasteiger partial charge in [-0.15, -0.1) is 0 Å². The van der Waals surface area contributed by atoms with Crippen molar-refractivity contribution in [2.75, 3.05) is 0 Å². The summed E-state index contributed by atoms with van der Waals surface area (Å²) in [5.41, 5.74) is 8.45. The van der Waals surface area contributed by atoms with E-state index in [1.54, 1.807) is 11.3 Å². The van der Waals surface area contributed by atoms with Crippen LogP contribution in [0.15, 0.2) is 15.8 Å². The molecule has 1 heterocycles. The predicted molar refractivity (Wildman–Crippen MR) is 69.8 cm³/mol. The molecule has 1 fully saturated rings. The molecule has 0 atom stereocenters. The zero-order valence-corrected chi connectivity index (χ0v) is 10.5. The summed E-state index contributed by atoms with van der Waals surface area (Å²) < 4.78 is 0. The lowest BCUT2D eigenvalue weighted by Crippen LogP contribution is -2.38. The maximum absolute atomic E-state index is 5.86. The number of rotatable bonds is 3. The third kappa shape index (κ3) is 2.98. The van der Waals surface area contributed by atoms with Gasteiger partial charge in [0, 0.05) is 6.04 Å². The van der Waals surface area contributed by atoms with Crippen molar-refractivity contribution in [1.82, 2.24) is 5.32 Å². The molecule has 0 saturated heterocycles. The van der Waals surface area contributed by atoms with Gasteiger partial charge in [0.15, 0.2) is 5.96 Å². The summed E-state index contributed by atoms with van der Waals surface area (Å²) in [6.07, 6.45) is 5.09. The molecule has 3 N–H and O–H groups in total. The van der Waals surface area contributed by atoms with E-state index in [-0.39, 0.29) is 0 Å². The fraction of sp³-hybridized carbons (Fsp3) is 0.583. The van der Waals surface area contributed by atoms with Gasteiger partial charge in [-0.1, -0.05) is 12.8 Å². The number of hydrogen-bond donors (Lipinski definition) is 2. The fourth-order valence-corrected chi connectivity index (χ4v) is 2.89. The van der Waals surface area contributed by atoms with Gasteiger partial charge in [-0.25, -0.2) is 4.99 Å². The van der Waals surface area contributed by atoms with Gasteiger partial charge in [-0.2, -0.15) is 11.3 Å². The Hall–Kier alpha value is -1.03. The van der Waals surface area contributed by atoms with Crippen molar-refractivity contribution < 1.29 is 0 Å². The van der Waals surface area contributed by atoms with Gasteiger partial charge in [-0.3, -0.25) is 0 Å². The Morgan fingerprint density at radius 1 is 1.50 bits per heavy atom. The molecule has 88 valence electrons. The molecule has 0 radical (unpaired) electrons. The third-order valence-corrected chi connectivity index (χ3v) is 4.00. The second-order valence-electron chi connectivity index (χ2n) is 4.41. The van der Waals surface area contributed by atoms with Crippen molar-refractivity contribution >= 4 is 17.3 Å². The number of guanidine groups is 1. The van der Waals surface area contributed by atoms with E-state index >= 15 is 0 Å². The first-order valence-electron chi connectivity index (χ1n) is 5.84. The van der Waals surface area contributed by atoms with Gasteiger partial charge in [0.1, 0.15) is 0 Å². The van der Waals surface area contributed by atoms with Crippen molar-refractivity contribution in [2.45, 2.75) is 45.2 Å². The topological polar surface area (TPSA) is 50.4 Å². The number of aliphatic imine (C=N–C) groups is 1. The SMILES string of the molecule is Cc1cscc1CN=C(N)NC1CCCC1. The van der Waals surface area contributed by atoms with Gasteiger partial charge in [0.2, 0.25) is 0 Å². The standard InChI is InChI=1S/C12H19N3S/c1-9-7-16-8-10(9)6-14-12(13)15-11-4-2-3-5-11/h7-8,11H,2-6H2,1H3,(H3,13,14,15). The molecule has 4 heteroatoms. The number of nitrogens with one attached hydrogen (secondary N) is 1. The van der Waals surface area contributed by atoms with Crippen molar-refractivity contribution in [1.29, 1.82) is 0 Å². The molecule has 1 aliphatic carbocycles. The van der Waals surface area contributed by atoms with Crippen molar-refractivity contribution in [3.8, 4) is 0 Å². The van der Waals surface area contributed by atoms with E-state index in [0.717, 1.165) is 0 Å². The quantitative estimate of drug-likeness (QED) is 0.626. The van der Waals surface area contributed by atoms with E-state index in [1.807, 2.05) is 0 Å². The van der Waals surface area contributed by atoms with Gasteiger partial charge in [-0.05, 0) is 41.7 Å². The monoisotopic (exact) mass is 237 g/mol. The van der Waals surface area contributed by atoms with Crippen molar-refractivity contribution in [3.63, 3.8) is 0 Å². The number of nitrogens with two attached hydrogens (primary N) is 1.